The molecular formula is C15H20FN3. The van der Waals surface area contributed by atoms with Crippen molar-refractivity contribution in [1.29, 1.82) is 0 Å². The van der Waals surface area contributed by atoms with Gasteiger partial charge in [-0.1, -0.05) is 12.1 Å². The van der Waals surface area contributed by atoms with Crippen molar-refractivity contribution in [2.45, 2.75) is 39.4 Å². The zero-order valence-electron chi connectivity index (χ0n) is 11.7. The number of nitrogens with one attached hydrogen (secondary N) is 1. The molecule has 0 fully saturated rings. The number of halogens is 1. The average Bonchev–Trinajstić information content (AvgIpc) is 2.77. The maximum atomic E-state index is 12.8. The SMILES string of the molecule is CC(C)(C)NCc1ccn(Cc2ccc(F)cc2)n1. The standard InChI is InChI=1S/C15H20FN3/c1-15(2,3)17-10-14-8-9-19(18-14)11-12-4-6-13(16)7-5-12/h4-9,17H,10-11H2,1-3H3. The van der Waals surface area contributed by atoms with Gasteiger partial charge in [0.25, 0.3) is 0 Å². The Morgan fingerprint density at radius 1 is 1.16 bits per heavy atom. The number of hydrogen-bond acceptors (Lipinski definition) is 2. The third kappa shape index (κ3) is 4.48. The number of nitrogens with zero attached hydrogens (tertiary/aromatic N) is 2. The Morgan fingerprint density at radius 2 is 1.84 bits per heavy atom. The summed E-state index contributed by atoms with van der Waals surface area (Å²) in [6.45, 7) is 7.79. The van der Waals surface area contributed by atoms with Crippen LogP contribution in [0.25, 0.3) is 0 Å². The molecule has 0 unspecified atom stereocenters. The van der Waals surface area contributed by atoms with E-state index in [1.165, 1.54) is 12.1 Å². The van der Waals surface area contributed by atoms with E-state index in [1.54, 1.807) is 12.1 Å². The maximum absolute atomic E-state index is 12.8. The highest BCUT2D eigenvalue weighted by Crippen LogP contribution is 2.06. The minimum Gasteiger partial charge on any atom is -0.306 e. The van der Waals surface area contributed by atoms with Gasteiger partial charge in [-0.3, -0.25) is 4.68 Å². The molecule has 0 aliphatic rings. The molecule has 19 heavy (non-hydrogen) atoms. The molecule has 0 amide bonds. The third-order valence-electron chi connectivity index (χ3n) is 2.75. The Morgan fingerprint density at radius 3 is 2.47 bits per heavy atom. The molecule has 0 aliphatic heterocycles. The van der Waals surface area contributed by atoms with E-state index < -0.39 is 0 Å². The van der Waals surface area contributed by atoms with Gasteiger partial charge < -0.3 is 5.32 Å². The topological polar surface area (TPSA) is 29.9 Å². The van der Waals surface area contributed by atoms with Gasteiger partial charge in [0.05, 0.1) is 12.2 Å². The normalized spacial score (nSPS) is 11.8. The molecule has 0 radical (unpaired) electrons. The van der Waals surface area contributed by atoms with E-state index in [9.17, 15) is 4.39 Å². The molecule has 1 N–H and O–H groups in total. The molecule has 1 aromatic carbocycles. The van der Waals surface area contributed by atoms with Gasteiger partial charge in [-0.25, -0.2) is 4.39 Å². The molecule has 4 heteroatoms. The molecule has 0 bridgehead atoms. The molecule has 2 rings (SSSR count). The molecule has 1 aromatic heterocycles. The van der Waals surface area contributed by atoms with Crippen molar-refractivity contribution in [3.8, 4) is 0 Å². The summed E-state index contributed by atoms with van der Waals surface area (Å²) in [7, 11) is 0. The zero-order chi connectivity index (χ0) is 13.9. The Labute approximate surface area is 113 Å². The van der Waals surface area contributed by atoms with Crippen LogP contribution in [0, 0.1) is 5.82 Å². The van der Waals surface area contributed by atoms with Gasteiger partial charge >= 0.3 is 0 Å². The van der Waals surface area contributed by atoms with Gasteiger partial charge in [0, 0.05) is 18.3 Å². The van der Waals surface area contributed by atoms with Crippen molar-refractivity contribution < 1.29 is 4.39 Å². The summed E-state index contributed by atoms with van der Waals surface area (Å²) in [6, 6.07) is 8.51. The Hall–Kier alpha value is -1.68. The molecular weight excluding hydrogens is 241 g/mol. The first kappa shape index (κ1) is 13.7. The van der Waals surface area contributed by atoms with E-state index in [0.717, 1.165) is 17.8 Å². The predicted molar refractivity (Wildman–Crippen MR) is 74.3 cm³/mol. The quantitative estimate of drug-likeness (QED) is 0.917. The zero-order valence-corrected chi connectivity index (χ0v) is 11.7. The number of rotatable bonds is 4. The van der Waals surface area contributed by atoms with Crippen molar-refractivity contribution in [3.63, 3.8) is 0 Å². The first-order chi connectivity index (χ1) is 8.92. The highest BCUT2D eigenvalue weighted by molar-refractivity contribution is 5.16. The molecule has 3 nitrogen and oxygen atoms in total. The summed E-state index contributed by atoms with van der Waals surface area (Å²) in [4.78, 5) is 0. The highest BCUT2D eigenvalue weighted by atomic mass is 19.1. The lowest BCUT2D eigenvalue weighted by atomic mass is 10.1. The Kier molecular flexibility index (Phi) is 4.00. The van der Waals surface area contributed by atoms with Crippen LogP contribution >= 0.6 is 0 Å². The van der Waals surface area contributed by atoms with Crippen LogP contribution in [0.5, 0.6) is 0 Å². The largest absolute Gasteiger partial charge is 0.306 e. The van der Waals surface area contributed by atoms with E-state index in [4.69, 9.17) is 0 Å². The van der Waals surface area contributed by atoms with Crippen molar-refractivity contribution in [3.05, 3.63) is 53.6 Å². The van der Waals surface area contributed by atoms with Crippen LogP contribution in [0.15, 0.2) is 36.5 Å². The second-order valence-electron chi connectivity index (χ2n) is 5.73. The van der Waals surface area contributed by atoms with Crippen LogP contribution in [-0.4, -0.2) is 15.3 Å². The van der Waals surface area contributed by atoms with Crippen LogP contribution in [0.4, 0.5) is 4.39 Å². The molecule has 0 atom stereocenters. The molecule has 2 aromatic rings. The van der Waals surface area contributed by atoms with Gasteiger partial charge in [-0.15, -0.1) is 0 Å². The van der Waals surface area contributed by atoms with Crippen molar-refractivity contribution in [2.75, 3.05) is 0 Å². The molecule has 0 saturated carbocycles. The Bertz CT molecular complexity index is 523. The van der Waals surface area contributed by atoms with Crippen LogP contribution in [0.3, 0.4) is 0 Å². The second kappa shape index (κ2) is 5.53. The van der Waals surface area contributed by atoms with Gasteiger partial charge in [0.2, 0.25) is 0 Å². The van der Waals surface area contributed by atoms with Crippen LogP contribution in [0.2, 0.25) is 0 Å². The number of hydrogen-bond donors (Lipinski definition) is 1. The van der Waals surface area contributed by atoms with E-state index in [0.29, 0.717) is 6.54 Å². The summed E-state index contributed by atoms with van der Waals surface area (Å²) in [5.41, 5.74) is 2.14. The predicted octanol–water partition coefficient (Wildman–Crippen LogP) is 2.96. The van der Waals surface area contributed by atoms with Gasteiger partial charge in [0.1, 0.15) is 5.82 Å². The molecule has 0 spiro atoms. The average molecular weight is 261 g/mol. The fourth-order valence-corrected chi connectivity index (χ4v) is 1.72. The van der Waals surface area contributed by atoms with Crippen molar-refractivity contribution in [2.24, 2.45) is 0 Å². The summed E-state index contributed by atoms with van der Waals surface area (Å²) < 4.78 is 14.7. The van der Waals surface area contributed by atoms with Gasteiger partial charge in [0.15, 0.2) is 0 Å². The molecule has 0 saturated heterocycles. The van der Waals surface area contributed by atoms with E-state index in [1.807, 2.05) is 16.9 Å². The van der Waals surface area contributed by atoms with Crippen molar-refractivity contribution >= 4 is 0 Å². The monoisotopic (exact) mass is 261 g/mol. The highest BCUT2D eigenvalue weighted by Gasteiger charge is 2.09. The lowest BCUT2D eigenvalue weighted by Gasteiger charge is -2.19. The number of aromatic nitrogens is 2. The van der Waals surface area contributed by atoms with E-state index in [-0.39, 0.29) is 11.4 Å². The molecule has 0 aliphatic carbocycles. The Balaban J connectivity index is 1.95. The van der Waals surface area contributed by atoms with E-state index in [2.05, 4.69) is 31.2 Å². The second-order valence-corrected chi connectivity index (χ2v) is 5.73. The smallest absolute Gasteiger partial charge is 0.123 e. The summed E-state index contributed by atoms with van der Waals surface area (Å²) in [5, 5.41) is 7.89. The van der Waals surface area contributed by atoms with Gasteiger partial charge in [-0.2, -0.15) is 5.10 Å². The maximum Gasteiger partial charge on any atom is 0.123 e. The van der Waals surface area contributed by atoms with Crippen LogP contribution < -0.4 is 5.32 Å². The summed E-state index contributed by atoms with van der Waals surface area (Å²) in [6.07, 6.45) is 1.95. The number of benzene rings is 1. The fourth-order valence-electron chi connectivity index (χ4n) is 1.72. The van der Waals surface area contributed by atoms with Crippen molar-refractivity contribution in [1.82, 2.24) is 15.1 Å². The fraction of sp³-hybridized carbons (Fsp3) is 0.400. The van der Waals surface area contributed by atoms with Crippen LogP contribution in [0.1, 0.15) is 32.0 Å². The minimum atomic E-state index is -0.209. The lowest BCUT2D eigenvalue weighted by molar-refractivity contribution is 0.419. The molecule has 102 valence electrons. The first-order valence-corrected chi connectivity index (χ1v) is 6.44. The third-order valence-corrected chi connectivity index (χ3v) is 2.75. The van der Waals surface area contributed by atoms with Crippen LogP contribution in [-0.2, 0) is 13.1 Å². The van der Waals surface area contributed by atoms with Gasteiger partial charge in [-0.05, 0) is 44.5 Å². The first-order valence-electron chi connectivity index (χ1n) is 6.44. The summed E-state index contributed by atoms with van der Waals surface area (Å²) >= 11 is 0. The summed E-state index contributed by atoms with van der Waals surface area (Å²) in [5.74, 6) is -0.209. The lowest BCUT2D eigenvalue weighted by Crippen LogP contribution is -2.35. The molecule has 1 heterocycles. The minimum absolute atomic E-state index is 0.0841. The van der Waals surface area contributed by atoms with E-state index >= 15 is 0 Å².